The summed E-state index contributed by atoms with van der Waals surface area (Å²) in [6.07, 6.45) is 28.3. The first-order valence-corrected chi connectivity index (χ1v) is 19.8. The Morgan fingerprint density at radius 2 is 1.04 bits per heavy atom. The molecule has 0 saturated heterocycles. The third-order valence-corrected chi connectivity index (χ3v) is 8.51. The standard InChI is InChI=1S/C40H75NO8/c1-6-8-10-12-14-15-16-17-18-19-20-21-22-23-25-27-29-31-38(43)49-36(34-47-37(42)30-28-26-24-13-11-9-7-2)35-48-40(39(44)45)46-33-32-41(3,4)5/h17-18,36,40H,6-16,19-35H2,1-5H3/b18-17-. The average Bonchev–Trinajstić information content (AvgIpc) is 3.05. The summed E-state index contributed by atoms with van der Waals surface area (Å²) in [5.41, 5.74) is 0. The number of carboxylic acids is 1. The second-order valence-corrected chi connectivity index (χ2v) is 14.6. The summed E-state index contributed by atoms with van der Waals surface area (Å²) in [4.78, 5) is 36.6. The molecule has 0 aromatic heterocycles. The summed E-state index contributed by atoms with van der Waals surface area (Å²) in [7, 11) is 5.89. The minimum absolute atomic E-state index is 0.149. The van der Waals surface area contributed by atoms with Gasteiger partial charge in [-0.2, -0.15) is 0 Å². The Morgan fingerprint density at radius 3 is 1.51 bits per heavy atom. The van der Waals surface area contributed by atoms with E-state index in [0.717, 1.165) is 44.9 Å². The van der Waals surface area contributed by atoms with E-state index in [1.807, 2.05) is 21.1 Å². The Hall–Kier alpha value is -1.97. The molecular formula is C40H75NO8. The van der Waals surface area contributed by atoms with Crippen molar-refractivity contribution < 1.29 is 42.9 Å². The Kier molecular flexibility index (Phi) is 31.9. The van der Waals surface area contributed by atoms with Crippen LogP contribution >= 0.6 is 0 Å². The van der Waals surface area contributed by atoms with Crippen molar-refractivity contribution in [3.05, 3.63) is 12.2 Å². The van der Waals surface area contributed by atoms with Crippen LogP contribution < -0.4 is 5.11 Å². The Labute approximate surface area is 300 Å². The number of carboxylic acid groups (broad SMARTS) is 1. The maximum Gasteiger partial charge on any atom is 0.306 e. The summed E-state index contributed by atoms with van der Waals surface area (Å²) in [5.74, 6) is -2.29. The van der Waals surface area contributed by atoms with Crippen LogP contribution in [0.25, 0.3) is 0 Å². The first kappa shape index (κ1) is 47.0. The van der Waals surface area contributed by atoms with Crippen LogP contribution in [0.3, 0.4) is 0 Å². The summed E-state index contributed by atoms with van der Waals surface area (Å²) < 4.78 is 22.4. The first-order chi connectivity index (χ1) is 23.6. The van der Waals surface area contributed by atoms with Crippen molar-refractivity contribution in [1.29, 1.82) is 0 Å². The zero-order valence-electron chi connectivity index (χ0n) is 32.3. The Bertz CT molecular complexity index is 826. The van der Waals surface area contributed by atoms with Crippen LogP contribution in [0.15, 0.2) is 12.2 Å². The maximum atomic E-state index is 12.7. The zero-order chi connectivity index (χ0) is 36.4. The molecular weight excluding hydrogens is 622 g/mol. The molecule has 0 amide bonds. The van der Waals surface area contributed by atoms with Crippen LogP contribution in [-0.4, -0.2) is 82.3 Å². The number of carbonyl (C=O) groups excluding carboxylic acids is 3. The van der Waals surface area contributed by atoms with E-state index in [2.05, 4.69) is 26.0 Å². The topological polar surface area (TPSA) is 111 Å². The first-order valence-electron chi connectivity index (χ1n) is 19.8. The van der Waals surface area contributed by atoms with Gasteiger partial charge in [0.15, 0.2) is 12.4 Å². The van der Waals surface area contributed by atoms with Gasteiger partial charge in [-0.25, -0.2) is 0 Å². The number of unbranched alkanes of at least 4 members (excludes halogenated alkanes) is 19. The van der Waals surface area contributed by atoms with Gasteiger partial charge in [0.2, 0.25) is 0 Å². The predicted octanol–water partition coefficient (Wildman–Crippen LogP) is 8.22. The number of nitrogens with zero attached hydrogens (tertiary/aromatic N) is 1. The lowest BCUT2D eigenvalue weighted by Gasteiger charge is -2.26. The van der Waals surface area contributed by atoms with Crippen molar-refractivity contribution in [3.63, 3.8) is 0 Å². The van der Waals surface area contributed by atoms with Gasteiger partial charge in [-0.1, -0.05) is 129 Å². The Morgan fingerprint density at radius 1 is 0.592 bits per heavy atom. The average molecular weight is 698 g/mol. The van der Waals surface area contributed by atoms with Crippen molar-refractivity contribution in [2.24, 2.45) is 0 Å². The third-order valence-electron chi connectivity index (χ3n) is 8.51. The lowest BCUT2D eigenvalue weighted by atomic mass is 10.1. The molecule has 0 heterocycles. The zero-order valence-corrected chi connectivity index (χ0v) is 32.3. The molecule has 0 aliphatic carbocycles. The maximum absolute atomic E-state index is 12.7. The molecule has 9 heteroatoms. The van der Waals surface area contributed by atoms with Crippen LogP contribution in [0, 0.1) is 0 Å². The van der Waals surface area contributed by atoms with Gasteiger partial charge < -0.3 is 33.3 Å². The number of hydrogen-bond acceptors (Lipinski definition) is 8. The van der Waals surface area contributed by atoms with Crippen LogP contribution in [0.2, 0.25) is 0 Å². The number of quaternary nitrogens is 1. The van der Waals surface area contributed by atoms with Gasteiger partial charge >= 0.3 is 11.9 Å². The normalized spacial score (nSPS) is 13.1. The molecule has 0 N–H and O–H groups in total. The molecule has 49 heavy (non-hydrogen) atoms. The molecule has 288 valence electrons. The second kappa shape index (κ2) is 33.2. The molecule has 0 aromatic rings. The lowest BCUT2D eigenvalue weighted by molar-refractivity contribution is -0.870. The van der Waals surface area contributed by atoms with Crippen molar-refractivity contribution in [3.8, 4) is 0 Å². The minimum Gasteiger partial charge on any atom is -0.545 e. The molecule has 0 fully saturated rings. The highest BCUT2D eigenvalue weighted by atomic mass is 16.7. The lowest BCUT2D eigenvalue weighted by Crippen LogP contribution is -2.44. The van der Waals surface area contributed by atoms with Gasteiger partial charge in [-0.05, 0) is 38.5 Å². The Balaban J connectivity index is 4.42. The van der Waals surface area contributed by atoms with Gasteiger partial charge in [-0.3, -0.25) is 9.59 Å². The molecule has 9 nitrogen and oxygen atoms in total. The summed E-state index contributed by atoms with van der Waals surface area (Å²) in [6, 6.07) is 0. The number of esters is 2. The molecule has 0 aliphatic heterocycles. The smallest absolute Gasteiger partial charge is 0.306 e. The van der Waals surface area contributed by atoms with Crippen molar-refractivity contribution in [2.45, 2.75) is 180 Å². The van der Waals surface area contributed by atoms with Crippen LogP contribution in [-0.2, 0) is 33.3 Å². The van der Waals surface area contributed by atoms with Crippen molar-refractivity contribution in [1.82, 2.24) is 0 Å². The van der Waals surface area contributed by atoms with E-state index in [1.54, 1.807) is 0 Å². The van der Waals surface area contributed by atoms with Crippen molar-refractivity contribution in [2.75, 3.05) is 47.5 Å². The number of likely N-dealkylation sites (N-methyl/N-ethyl adjacent to an activating group) is 1. The monoisotopic (exact) mass is 698 g/mol. The quantitative estimate of drug-likeness (QED) is 0.0212. The van der Waals surface area contributed by atoms with Crippen molar-refractivity contribution >= 4 is 17.9 Å². The molecule has 0 bridgehead atoms. The van der Waals surface area contributed by atoms with E-state index in [0.29, 0.717) is 23.9 Å². The molecule has 0 aromatic carbocycles. The van der Waals surface area contributed by atoms with E-state index in [9.17, 15) is 19.5 Å². The molecule has 0 aliphatic rings. The van der Waals surface area contributed by atoms with Crippen LogP contribution in [0.4, 0.5) is 0 Å². The number of ether oxygens (including phenoxy) is 4. The largest absolute Gasteiger partial charge is 0.545 e. The second-order valence-electron chi connectivity index (χ2n) is 14.6. The summed E-state index contributed by atoms with van der Waals surface area (Å²) >= 11 is 0. The fourth-order valence-electron chi connectivity index (χ4n) is 5.35. The molecule has 2 atom stereocenters. The van der Waals surface area contributed by atoms with Gasteiger partial charge in [0.25, 0.3) is 0 Å². The number of aliphatic carboxylic acids is 1. The summed E-state index contributed by atoms with van der Waals surface area (Å²) in [6.45, 7) is 4.67. The van der Waals surface area contributed by atoms with Crippen LogP contribution in [0.5, 0.6) is 0 Å². The fourth-order valence-corrected chi connectivity index (χ4v) is 5.35. The van der Waals surface area contributed by atoms with E-state index < -0.39 is 24.3 Å². The van der Waals surface area contributed by atoms with Gasteiger partial charge in [0, 0.05) is 12.8 Å². The number of allylic oxidation sites excluding steroid dienone is 2. The van der Waals surface area contributed by atoms with E-state index >= 15 is 0 Å². The van der Waals surface area contributed by atoms with E-state index in [1.165, 1.54) is 89.9 Å². The third kappa shape index (κ3) is 34.3. The van der Waals surface area contributed by atoms with E-state index in [4.69, 9.17) is 18.9 Å². The molecule has 2 unspecified atom stereocenters. The predicted molar refractivity (Wildman–Crippen MR) is 196 cm³/mol. The SMILES string of the molecule is CCCCCCCC/C=C\CCCCCCCCCC(=O)OC(COC(=O)CCCCCCCCC)COC(OCC[N+](C)(C)C)C(=O)[O-]. The molecule has 0 spiro atoms. The summed E-state index contributed by atoms with van der Waals surface area (Å²) in [5, 5.41) is 11.6. The fraction of sp³-hybridized carbons (Fsp3) is 0.875. The molecule has 0 saturated carbocycles. The number of carbonyl (C=O) groups is 3. The van der Waals surface area contributed by atoms with Gasteiger partial charge in [0.1, 0.15) is 13.2 Å². The van der Waals surface area contributed by atoms with Gasteiger partial charge in [0.05, 0.1) is 40.3 Å². The number of rotatable bonds is 36. The number of hydrogen-bond donors (Lipinski definition) is 0. The van der Waals surface area contributed by atoms with Gasteiger partial charge in [-0.15, -0.1) is 0 Å². The van der Waals surface area contributed by atoms with E-state index in [-0.39, 0.29) is 32.2 Å². The highest BCUT2D eigenvalue weighted by Gasteiger charge is 2.21. The molecule has 0 radical (unpaired) electrons. The van der Waals surface area contributed by atoms with Crippen LogP contribution in [0.1, 0.15) is 168 Å². The highest BCUT2D eigenvalue weighted by molar-refractivity contribution is 5.70. The minimum atomic E-state index is -1.61. The highest BCUT2D eigenvalue weighted by Crippen LogP contribution is 2.13. The molecule has 0 rings (SSSR count).